The number of alkyl carbamates (subject to hydrolysis) is 1. The van der Waals surface area contributed by atoms with Crippen LogP contribution in [0.3, 0.4) is 0 Å². The zero-order valence-corrected chi connectivity index (χ0v) is 22.1. The van der Waals surface area contributed by atoms with E-state index in [9.17, 15) is 24.3 Å². The molecule has 0 saturated carbocycles. The van der Waals surface area contributed by atoms with Crippen molar-refractivity contribution in [2.75, 3.05) is 12.4 Å². The molecular weight excluding hydrogens is 486 g/mol. The standard InChI is InChI=1S/C25H33N3O7S/c1-24(2,3)34-22(32)18-15(12-29)13-36-21-17(20(31)28(18)21)26-19(30)16(14-10-8-7-9-11-14)27-23(33)35-25(4,5)6/h7-11,16-17,21,29H,12-13H2,1-6H3,(H,26,30)(H,27,33)/t16?,17-,21-/m1/s1. The van der Waals surface area contributed by atoms with Crippen molar-refractivity contribution in [3.05, 3.63) is 47.2 Å². The van der Waals surface area contributed by atoms with Crippen molar-refractivity contribution in [1.29, 1.82) is 0 Å². The van der Waals surface area contributed by atoms with Gasteiger partial charge in [0.2, 0.25) is 5.91 Å². The Labute approximate surface area is 214 Å². The van der Waals surface area contributed by atoms with E-state index in [2.05, 4.69) is 10.6 Å². The first-order valence-electron chi connectivity index (χ1n) is 11.6. The van der Waals surface area contributed by atoms with Gasteiger partial charge in [-0.3, -0.25) is 14.5 Å². The van der Waals surface area contributed by atoms with Crippen molar-refractivity contribution in [3.8, 4) is 0 Å². The van der Waals surface area contributed by atoms with Crippen LogP contribution >= 0.6 is 11.8 Å². The molecule has 2 aliphatic heterocycles. The first-order chi connectivity index (χ1) is 16.7. The second kappa shape index (κ2) is 10.5. The van der Waals surface area contributed by atoms with Gasteiger partial charge in [0.05, 0.1) is 6.61 Å². The van der Waals surface area contributed by atoms with E-state index < -0.39 is 59.1 Å². The number of β-lactam (4-membered cyclic amide) rings is 1. The smallest absolute Gasteiger partial charge is 0.408 e. The Morgan fingerprint density at radius 1 is 1.08 bits per heavy atom. The molecule has 1 fully saturated rings. The van der Waals surface area contributed by atoms with Crippen LogP contribution < -0.4 is 10.6 Å². The summed E-state index contributed by atoms with van der Waals surface area (Å²) in [7, 11) is 0. The van der Waals surface area contributed by atoms with Crippen molar-refractivity contribution in [3.63, 3.8) is 0 Å². The number of rotatable bonds is 6. The third-order valence-electron chi connectivity index (χ3n) is 5.18. The molecule has 2 aliphatic rings. The molecule has 0 spiro atoms. The number of aliphatic hydroxyl groups is 1. The zero-order chi connectivity index (χ0) is 26.8. The van der Waals surface area contributed by atoms with E-state index >= 15 is 0 Å². The second-order valence-corrected chi connectivity index (χ2v) is 11.6. The van der Waals surface area contributed by atoms with Crippen LogP contribution in [0.25, 0.3) is 0 Å². The van der Waals surface area contributed by atoms with E-state index in [1.807, 2.05) is 0 Å². The quantitative estimate of drug-likeness (QED) is 0.385. The fourth-order valence-electron chi connectivity index (χ4n) is 3.73. The number of nitrogens with one attached hydrogen (secondary N) is 2. The van der Waals surface area contributed by atoms with Gasteiger partial charge in [-0.2, -0.15) is 0 Å². The monoisotopic (exact) mass is 519 g/mol. The number of fused-ring (bicyclic) bond motifs is 1. The molecule has 1 aromatic carbocycles. The molecule has 196 valence electrons. The van der Waals surface area contributed by atoms with Gasteiger partial charge in [-0.1, -0.05) is 30.3 Å². The average molecular weight is 520 g/mol. The normalized spacial score (nSPS) is 20.6. The minimum absolute atomic E-state index is 0.0122. The second-order valence-electron chi connectivity index (χ2n) is 10.5. The van der Waals surface area contributed by atoms with Crippen molar-refractivity contribution in [2.45, 2.75) is 70.2 Å². The minimum Gasteiger partial charge on any atom is -0.455 e. The highest BCUT2D eigenvalue weighted by molar-refractivity contribution is 8.00. The molecule has 0 aromatic heterocycles. The van der Waals surface area contributed by atoms with Crippen LogP contribution in [0.15, 0.2) is 41.6 Å². The number of thioether (sulfide) groups is 1. The number of carbonyl (C=O) groups is 4. The number of nitrogens with zero attached hydrogens (tertiary/aromatic N) is 1. The zero-order valence-electron chi connectivity index (χ0n) is 21.3. The molecule has 0 radical (unpaired) electrons. The average Bonchev–Trinajstić information content (AvgIpc) is 2.78. The molecule has 2 heterocycles. The third-order valence-corrected chi connectivity index (χ3v) is 6.52. The summed E-state index contributed by atoms with van der Waals surface area (Å²) < 4.78 is 10.8. The van der Waals surface area contributed by atoms with Gasteiger partial charge in [0.1, 0.15) is 34.4 Å². The molecular formula is C25H33N3O7S. The number of benzene rings is 1. The summed E-state index contributed by atoms with van der Waals surface area (Å²) in [5.74, 6) is -1.51. The van der Waals surface area contributed by atoms with E-state index in [0.717, 1.165) is 0 Å². The Balaban J connectivity index is 1.79. The first-order valence-corrected chi connectivity index (χ1v) is 12.6. The maximum atomic E-state index is 13.3. The molecule has 36 heavy (non-hydrogen) atoms. The number of ether oxygens (including phenoxy) is 2. The summed E-state index contributed by atoms with van der Waals surface area (Å²) in [4.78, 5) is 52.9. The summed E-state index contributed by atoms with van der Waals surface area (Å²) in [6.45, 7) is 9.86. The van der Waals surface area contributed by atoms with Crippen LogP contribution in [0.1, 0.15) is 53.1 Å². The maximum absolute atomic E-state index is 13.3. The van der Waals surface area contributed by atoms with Crippen molar-refractivity contribution >= 4 is 35.6 Å². The molecule has 1 unspecified atom stereocenters. The van der Waals surface area contributed by atoms with Crippen molar-refractivity contribution < 1.29 is 33.8 Å². The lowest BCUT2D eigenvalue weighted by Gasteiger charge is -2.50. The van der Waals surface area contributed by atoms with Gasteiger partial charge in [0, 0.05) is 5.75 Å². The van der Waals surface area contributed by atoms with Crippen LogP contribution in [-0.4, -0.2) is 68.9 Å². The Morgan fingerprint density at radius 3 is 2.25 bits per heavy atom. The maximum Gasteiger partial charge on any atom is 0.408 e. The lowest BCUT2D eigenvalue weighted by Crippen LogP contribution is -2.71. The van der Waals surface area contributed by atoms with Gasteiger partial charge < -0.3 is 25.2 Å². The predicted molar refractivity (Wildman–Crippen MR) is 134 cm³/mol. The SMILES string of the molecule is CC(C)(C)OC(=O)NC(C(=O)N[C@@H]1C(=O)N2C(C(=O)OC(C)(C)C)=C(CO)CS[C@H]12)c1ccccc1. The van der Waals surface area contributed by atoms with Crippen LogP contribution in [0.4, 0.5) is 4.79 Å². The lowest BCUT2D eigenvalue weighted by molar-refractivity contribution is -0.159. The van der Waals surface area contributed by atoms with Crippen molar-refractivity contribution in [2.24, 2.45) is 0 Å². The van der Waals surface area contributed by atoms with Gasteiger partial charge in [0.15, 0.2) is 0 Å². The Kier molecular flexibility index (Phi) is 8.04. The van der Waals surface area contributed by atoms with Gasteiger partial charge in [-0.05, 0) is 52.7 Å². The Morgan fingerprint density at radius 2 is 1.69 bits per heavy atom. The molecule has 0 bridgehead atoms. The fraction of sp³-hybridized carbons (Fsp3) is 0.520. The molecule has 3 amide bonds. The first kappa shape index (κ1) is 27.5. The summed E-state index contributed by atoms with van der Waals surface area (Å²) in [6, 6.07) is 6.58. The summed E-state index contributed by atoms with van der Waals surface area (Å²) in [5, 5.41) is 14.5. The van der Waals surface area contributed by atoms with E-state index in [-0.39, 0.29) is 5.70 Å². The van der Waals surface area contributed by atoms with Gasteiger partial charge in [0.25, 0.3) is 5.91 Å². The van der Waals surface area contributed by atoms with E-state index in [1.54, 1.807) is 71.9 Å². The molecule has 0 aliphatic carbocycles. The van der Waals surface area contributed by atoms with E-state index in [1.165, 1.54) is 16.7 Å². The molecule has 10 nitrogen and oxygen atoms in total. The molecule has 1 aromatic rings. The highest BCUT2D eigenvalue weighted by Crippen LogP contribution is 2.41. The van der Waals surface area contributed by atoms with Gasteiger partial charge in [-0.25, -0.2) is 9.59 Å². The topological polar surface area (TPSA) is 134 Å². The highest BCUT2D eigenvalue weighted by Gasteiger charge is 2.55. The van der Waals surface area contributed by atoms with Crippen molar-refractivity contribution in [1.82, 2.24) is 15.5 Å². The van der Waals surface area contributed by atoms with Crippen LogP contribution in [0.2, 0.25) is 0 Å². The molecule has 3 atom stereocenters. The largest absolute Gasteiger partial charge is 0.455 e. The number of esters is 1. The Bertz CT molecular complexity index is 1060. The number of hydrogen-bond acceptors (Lipinski definition) is 8. The third kappa shape index (κ3) is 6.38. The summed E-state index contributed by atoms with van der Waals surface area (Å²) >= 11 is 1.32. The summed E-state index contributed by atoms with van der Waals surface area (Å²) in [5.41, 5.74) is -0.643. The number of carbonyl (C=O) groups excluding carboxylic acids is 4. The summed E-state index contributed by atoms with van der Waals surface area (Å²) in [6.07, 6.45) is -0.775. The Hall–Kier alpha value is -3.05. The van der Waals surface area contributed by atoms with Crippen LogP contribution in [-0.2, 0) is 23.9 Å². The van der Waals surface area contributed by atoms with Crippen LogP contribution in [0, 0.1) is 0 Å². The minimum atomic E-state index is -1.11. The molecule has 1 saturated heterocycles. The molecule has 3 rings (SSSR count). The van der Waals surface area contributed by atoms with Gasteiger partial charge >= 0.3 is 12.1 Å². The molecule has 11 heteroatoms. The number of hydrogen-bond donors (Lipinski definition) is 3. The van der Waals surface area contributed by atoms with Gasteiger partial charge in [-0.15, -0.1) is 11.8 Å². The highest BCUT2D eigenvalue weighted by atomic mass is 32.2. The number of amides is 3. The van der Waals surface area contributed by atoms with E-state index in [4.69, 9.17) is 9.47 Å². The fourth-order valence-corrected chi connectivity index (χ4v) is 5.06. The van der Waals surface area contributed by atoms with Crippen LogP contribution in [0.5, 0.6) is 0 Å². The predicted octanol–water partition coefficient (Wildman–Crippen LogP) is 2.24. The lowest BCUT2D eigenvalue weighted by atomic mass is 10.0. The molecule has 3 N–H and O–H groups in total. The van der Waals surface area contributed by atoms with E-state index in [0.29, 0.717) is 16.9 Å². The number of aliphatic hydroxyl groups excluding tert-OH is 1.